The minimum atomic E-state index is -1.28. The lowest BCUT2D eigenvalue weighted by atomic mass is 10.0. The molecule has 0 aliphatic carbocycles. The molecule has 0 saturated carbocycles. The zero-order valence-electron chi connectivity index (χ0n) is 16.9. The van der Waals surface area contributed by atoms with E-state index in [4.69, 9.17) is 15.3 Å². The molecule has 4 N–H and O–H groups in total. The third-order valence-electron chi connectivity index (χ3n) is 4.35. The van der Waals surface area contributed by atoms with E-state index in [0.717, 1.165) is 16.2 Å². The molecule has 3 heterocycles. The number of nitrogens with two attached hydrogens (primary N) is 1. The van der Waals surface area contributed by atoms with Crippen molar-refractivity contribution in [1.29, 1.82) is 0 Å². The van der Waals surface area contributed by atoms with Crippen molar-refractivity contribution in [1.82, 2.24) is 15.2 Å². The van der Waals surface area contributed by atoms with Gasteiger partial charge in [-0.3, -0.25) is 19.3 Å². The van der Waals surface area contributed by atoms with E-state index < -0.39 is 35.2 Å². The van der Waals surface area contributed by atoms with Gasteiger partial charge in [0.05, 0.1) is 0 Å². The fraction of sp³-hybridized carbons (Fsp3) is 0.333. The summed E-state index contributed by atoms with van der Waals surface area (Å²) in [7, 11) is 1.26. The van der Waals surface area contributed by atoms with Crippen LogP contribution in [0.4, 0.5) is 5.13 Å². The first kappa shape index (κ1) is 23.3. The number of nitrogen functional groups attached to an aromatic ring is 1. The van der Waals surface area contributed by atoms with Crippen molar-refractivity contribution < 1.29 is 33.9 Å². The van der Waals surface area contributed by atoms with Gasteiger partial charge in [-0.05, 0) is 11.6 Å². The van der Waals surface area contributed by atoms with Crippen molar-refractivity contribution in [2.24, 2.45) is 5.16 Å². The number of fused-ring (bicyclic) bond motifs is 1. The number of carbonyl (C=O) groups excluding carboxylic acids is 3. The Hall–Kier alpha value is -3.39. The molecule has 14 heteroatoms. The molecule has 2 aliphatic rings. The van der Waals surface area contributed by atoms with Crippen LogP contribution in [0.3, 0.4) is 0 Å². The molecule has 3 rings (SSSR count). The first-order chi connectivity index (χ1) is 15.2. The molecule has 0 aromatic carbocycles. The van der Waals surface area contributed by atoms with Crippen molar-refractivity contribution in [3.63, 3.8) is 0 Å². The molecule has 12 nitrogen and oxygen atoms in total. The summed E-state index contributed by atoms with van der Waals surface area (Å²) in [6.07, 6.45) is 3.00. The average Bonchev–Trinajstić information content (AvgIpc) is 3.17. The number of thiazole rings is 1. The highest BCUT2D eigenvalue weighted by Gasteiger charge is 2.54. The largest absolute Gasteiger partial charge is 0.477 e. The Balaban J connectivity index is 1.75. The molecule has 1 saturated heterocycles. The summed E-state index contributed by atoms with van der Waals surface area (Å²) in [5, 5.41) is 17.0. The second-order valence-corrected chi connectivity index (χ2v) is 8.43. The first-order valence-corrected chi connectivity index (χ1v) is 11.0. The molecule has 2 amide bonds. The smallest absolute Gasteiger partial charge is 0.352 e. The minimum absolute atomic E-state index is 0.0187. The van der Waals surface area contributed by atoms with Gasteiger partial charge in [0.1, 0.15) is 36.5 Å². The number of esters is 1. The lowest BCUT2D eigenvalue weighted by molar-refractivity contribution is -0.150. The van der Waals surface area contributed by atoms with Gasteiger partial charge in [-0.2, -0.15) is 0 Å². The minimum Gasteiger partial charge on any atom is -0.477 e. The standard InChI is InChI=1S/C18H19N5O7S2/c1-8(24)30-5-3-4-9-6-31-16-12(15(26)23(16)13(9)17(27)28)21-14(25)11(22-29-2)10-7-32-18(19)20-10/h3-4,7,12,16H,5-6H2,1-2H3,(H2,19,20)(H,21,25)(H,27,28)/b4-3-,22-11-/t12-,16-/m1/s1. The number of carboxylic acids is 1. The molecular formula is C18H19N5O7S2. The van der Waals surface area contributed by atoms with E-state index in [1.807, 2.05) is 0 Å². The number of hydrogen-bond acceptors (Lipinski definition) is 11. The molecule has 0 spiro atoms. The number of anilines is 1. The quantitative estimate of drug-likeness (QED) is 0.197. The molecule has 2 atom stereocenters. The predicted octanol–water partition coefficient (Wildman–Crippen LogP) is -0.0663. The number of β-lactam (4-membered cyclic amide) rings is 1. The Morgan fingerprint density at radius 1 is 1.47 bits per heavy atom. The number of carboxylic acid groups (broad SMARTS) is 1. The number of nitrogens with one attached hydrogen (secondary N) is 1. The number of ether oxygens (including phenoxy) is 1. The average molecular weight is 482 g/mol. The van der Waals surface area contributed by atoms with Crippen LogP contribution in [-0.2, 0) is 28.8 Å². The summed E-state index contributed by atoms with van der Waals surface area (Å²) in [5.41, 5.74) is 5.85. The van der Waals surface area contributed by atoms with Crippen LogP contribution < -0.4 is 11.1 Å². The highest BCUT2D eigenvalue weighted by Crippen LogP contribution is 2.40. The van der Waals surface area contributed by atoms with Gasteiger partial charge < -0.3 is 25.7 Å². The maximum Gasteiger partial charge on any atom is 0.352 e. The zero-order chi connectivity index (χ0) is 23.4. The van der Waals surface area contributed by atoms with E-state index in [1.54, 1.807) is 0 Å². The summed E-state index contributed by atoms with van der Waals surface area (Å²) in [4.78, 5) is 57.9. The van der Waals surface area contributed by atoms with Crippen LogP contribution in [0, 0.1) is 0 Å². The van der Waals surface area contributed by atoms with Crippen molar-refractivity contribution in [3.05, 3.63) is 34.5 Å². The fourth-order valence-corrected chi connectivity index (χ4v) is 4.89. The lowest BCUT2D eigenvalue weighted by Gasteiger charge is -2.49. The van der Waals surface area contributed by atoms with Crippen LogP contribution in [0.5, 0.6) is 0 Å². The predicted molar refractivity (Wildman–Crippen MR) is 116 cm³/mol. The van der Waals surface area contributed by atoms with Crippen molar-refractivity contribution in [2.45, 2.75) is 18.3 Å². The number of amides is 2. The summed E-state index contributed by atoms with van der Waals surface area (Å²) in [6.45, 7) is 1.24. The van der Waals surface area contributed by atoms with Crippen LogP contribution in [0.25, 0.3) is 0 Å². The summed E-state index contributed by atoms with van der Waals surface area (Å²) >= 11 is 2.40. The van der Waals surface area contributed by atoms with Crippen LogP contribution in [-0.4, -0.2) is 75.3 Å². The molecule has 32 heavy (non-hydrogen) atoms. The van der Waals surface area contributed by atoms with Crippen molar-refractivity contribution >= 4 is 57.7 Å². The maximum absolute atomic E-state index is 12.7. The third kappa shape index (κ3) is 4.75. The van der Waals surface area contributed by atoms with Gasteiger partial charge in [0, 0.05) is 18.1 Å². The monoisotopic (exact) mass is 481 g/mol. The van der Waals surface area contributed by atoms with E-state index in [0.29, 0.717) is 5.57 Å². The van der Waals surface area contributed by atoms with Gasteiger partial charge in [-0.25, -0.2) is 9.78 Å². The highest BCUT2D eigenvalue weighted by atomic mass is 32.2. The van der Waals surface area contributed by atoms with Crippen molar-refractivity contribution in [2.75, 3.05) is 25.2 Å². The molecule has 1 fully saturated rings. The molecular weight excluding hydrogens is 462 g/mol. The number of nitrogens with zero attached hydrogens (tertiary/aromatic N) is 3. The number of thioether (sulfide) groups is 1. The number of oxime groups is 1. The highest BCUT2D eigenvalue weighted by molar-refractivity contribution is 8.00. The van der Waals surface area contributed by atoms with Crippen molar-refractivity contribution in [3.8, 4) is 0 Å². The van der Waals surface area contributed by atoms with E-state index in [1.165, 1.54) is 43.3 Å². The molecule has 0 bridgehead atoms. The number of aliphatic carboxylic acids is 1. The van der Waals surface area contributed by atoms with E-state index in [2.05, 4.69) is 15.5 Å². The Kier molecular flexibility index (Phi) is 7.15. The van der Waals surface area contributed by atoms with Gasteiger partial charge in [0.25, 0.3) is 11.8 Å². The van der Waals surface area contributed by atoms with Gasteiger partial charge in [-0.1, -0.05) is 11.2 Å². The molecule has 2 aliphatic heterocycles. The van der Waals surface area contributed by atoms with Gasteiger partial charge in [-0.15, -0.1) is 23.1 Å². The number of rotatable bonds is 8. The topological polar surface area (TPSA) is 174 Å². The van der Waals surface area contributed by atoms with Crippen LogP contribution in [0.15, 0.2) is 34.0 Å². The molecule has 0 unspecified atom stereocenters. The fourth-order valence-electron chi connectivity index (χ4n) is 3.03. The number of carbonyl (C=O) groups is 4. The SMILES string of the molecule is CO/N=C(\C(=O)N[C@@H]1C(=O)N2C(C(=O)O)=C(/C=C\COC(C)=O)CS[C@H]12)c1csc(N)n1. The Morgan fingerprint density at radius 3 is 2.81 bits per heavy atom. The Labute approximate surface area is 190 Å². The summed E-state index contributed by atoms with van der Waals surface area (Å²) < 4.78 is 4.79. The van der Waals surface area contributed by atoms with E-state index in [9.17, 15) is 24.3 Å². The van der Waals surface area contributed by atoms with Gasteiger partial charge in [0.2, 0.25) is 0 Å². The molecule has 1 aromatic rings. The normalized spacial score (nSPS) is 20.6. The molecule has 170 valence electrons. The second kappa shape index (κ2) is 9.82. The third-order valence-corrected chi connectivity index (χ3v) is 6.33. The number of aromatic nitrogens is 1. The number of hydrogen-bond donors (Lipinski definition) is 3. The van der Waals surface area contributed by atoms with E-state index in [-0.39, 0.29) is 34.6 Å². The molecule has 0 radical (unpaired) electrons. The second-order valence-electron chi connectivity index (χ2n) is 6.44. The van der Waals surface area contributed by atoms with Gasteiger partial charge >= 0.3 is 11.9 Å². The van der Waals surface area contributed by atoms with E-state index >= 15 is 0 Å². The first-order valence-electron chi connectivity index (χ1n) is 9.09. The van der Waals surface area contributed by atoms with Crippen LogP contribution >= 0.6 is 23.1 Å². The Morgan fingerprint density at radius 2 is 2.22 bits per heavy atom. The summed E-state index contributed by atoms with van der Waals surface area (Å²) in [5.74, 6) is -2.74. The molecule has 1 aromatic heterocycles. The lowest BCUT2D eigenvalue weighted by Crippen LogP contribution is -2.71. The summed E-state index contributed by atoms with van der Waals surface area (Å²) in [6, 6.07) is -0.952. The maximum atomic E-state index is 12.7. The number of allylic oxidation sites excluding steroid dienone is 1. The van der Waals surface area contributed by atoms with Gasteiger partial charge in [0.15, 0.2) is 10.8 Å². The van der Waals surface area contributed by atoms with Crippen LogP contribution in [0.2, 0.25) is 0 Å². The van der Waals surface area contributed by atoms with Crippen LogP contribution in [0.1, 0.15) is 12.6 Å². The Bertz CT molecular complexity index is 1050. The zero-order valence-corrected chi connectivity index (χ0v) is 18.6.